The summed E-state index contributed by atoms with van der Waals surface area (Å²) in [7, 11) is -3.67. The average molecular weight is 391 g/mol. The first kappa shape index (κ1) is 18.9. The molecule has 0 aliphatic heterocycles. The van der Waals surface area contributed by atoms with Crippen LogP contribution in [0.1, 0.15) is 11.4 Å². The number of sulfonamides is 1. The van der Waals surface area contributed by atoms with Crippen LogP contribution >= 0.6 is 0 Å². The lowest BCUT2D eigenvalue weighted by Crippen LogP contribution is -2.29. The van der Waals surface area contributed by atoms with Crippen molar-refractivity contribution in [3.63, 3.8) is 0 Å². The minimum absolute atomic E-state index is 0.0633. The summed E-state index contributed by atoms with van der Waals surface area (Å²) in [5.74, 6) is -0.0642. The highest BCUT2D eigenvalue weighted by Crippen LogP contribution is 2.18. The Hall–Kier alpha value is -2.85. The van der Waals surface area contributed by atoms with Crippen molar-refractivity contribution < 1.29 is 17.5 Å². The van der Waals surface area contributed by atoms with Crippen LogP contribution in [-0.4, -0.2) is 42.0 Å². The fourth-order valence-electron chi connectivity index (χ4n) is 2.51. The van der Waals surface area contributed by atoms with Gasteiger partial charge in [0.1, 0.15) is 17.3 Å². The number of nitrogens with one attached hydrogen (secondary N) is 2. The zero-order chi connectivity index (χ0) is 19.4. The lowest BCUT2D eigenvalue weighted by atomic mass is 10.1. The van der Waals surface area contributed by atoms with Gasteiger partial charge in [0.2, 0.25) is 15.9 Å². The number of hydrogen-bond acceptors (Lipinski definition) is 6. The van der Waals surface area contributed by atoms with Gasteiger partial charge in [-0.3, -0.25) is 5.10 Å². The smallest absolute Gasteiger partial charge is 0.244 e. The van der Waals surface area contributed by atoms with Crippen LogP contribution in [0.15, 0.2) is 41.3 Å². The SMILES string of the molecule is Cc1n[nH]c(C)c1S(=O)(=O)NCCOc1ccc(-c2ccc(F)cc2)nn1. The van der Waals surface area contributed by atoms with E-state index in [-0.39, 0.29) is 29.7 Å². The van der Waals surface area contributed by atoms with Crippen LogP contribution in [0, 0.1) is 19.7 Å². The maximum absolute atomic E-state index is 12.9. The molecule has 1 aromatic carbocycles. The third-order valence-corrected chi connectivity index (χ3v) is 5.48. The highest BCUT2D eigenvalue weighted by atomic mass is 32.2. The van der Waals surface area contributed by atoms with Gasteiger partial charge in [-0.25, -0.2) is 17.5 Å². The molecule has 0 aliphatic rings. The summed E-state index contributed by atoms with van der Waals surface area (Å²) in [5, 5.41) is 14.5. The first-order valence-electron chi connectivity index (χ1n) is 8.10. The van der Waals surface area contributed by atoms with Crippen molar-refractivity contribution >= 4 is 10.0 Å². The molecule has 10 heteroatoms. The molecule has 3 aromatic rings. The Kier molecular flexibility index (Phi) is 5.47. The number of rotatable bonds is 7. The maximum atomic E-state index is 12.9. The van der Waals surface area contributed by atoms with Crippen molar-refractivity contribution in [2.75, 3.05) is 13.2 Å². The summed E-state index contributed by atoms with van der Waals surface area (Å²) in [6, 6.07) is 9.21. The molecule has 2 heterocycles. The largest absolute Gasteiger partial charge is 0.475 e. The zero-order valence-corrected chi connectivity index (χ0v) is 15.5. The number of nitrogens with zero attached hydrogens (tertiary/aromatic N) is 3. The molecule has 8 nitrogen and oxygen atoms in total. The fraction of sp³-hybridized carbons (Fsp3) is 0.235. The minimum Gasteiger partial charge on any atom is -0.475 e. The van der Waals surface area contributed by atoms with E-state index >= 15 is 0 Å². The topological polar surface area (TPSA) is 110 Å². The summed E-state index contributed by atoms with van der Waals surface area (Å²) in [6.07, 6.45) is 0. The molecule has 0 amide bonds. The Morgan fingerprint density at radius 2 is 1.85 bits per heavy atom. The summed E-state index contributed by atoms with van der Waals surface area (Å²) < 4.78 is 45.4. The Bertz CT molecular complexity index is 998. The van der Waals surface area contributed by atoms with Gasteiger partial charge in [0, 0.05) is 18.2 Å². The van der Waals surface area contributed by atoms with Crippen molar-refractivity contribution in [3.8, 4) is 17.1 Å². The standard InChI is InChI=1S/C17H18FN5O3S/c1-11-17(12(2)21-20-11)27(24,25)19-9-10-26-16-8-7-15(22-23-16)13-3-5-14(18)6-4-13/h3-8,19H,9-10H2,1-2H3,(H,20,21). The average Bonchev–Trinajstić information content (AvgIpc) is 2.99. The maximum Gasteiger partial charge on any atom is 0.244 e. The molecule has 142 valence electrons. The van der Waals surface area contributed by atoms with Crippen molar-refractivity contribution in [1.82, 2.24) is 25.1 Å². The molecule has 27 heavy (non-hydrogen) atoms. The van der Waals surface area contributed by atoms with E-state index in [9.17, 15) is 12.8 Å². The second-order valence-corrected chi connectivity index (χ2v) is 7.48. The molecule has 3 rings (SSSR count). The van der Waals surface area contributed by atoms with Crippen LogP contribution in [0.2, 0.25) is 0 Å². The minimum atomic E-state index is -3.67. The number of aromatic nitrogens is 4. The predicted molar refractivity (Wildman–Crippen MR) is 96.2 cm³/mol. The van der Waals surface area contributed by atoms with Crippen molar-refractivity contribution in [3.05, 3.63) is 53.6 Å². The molecular weight excluding hydrogens is 373 g/mol. The van der Waals surface area contributed by atoms with Gasteiger partial charge in [-0.1, -0.05) is 0 Å². The second-order valence-electron chi connectivity index (χ2n) is 5.77. The highest BCUT2D eigenvalue weighted by Gasteiger charge is 2.21. The molecule has 0 atom stereocenters. The quantitative estimate of drug-likeness (QED) is 0.596. The molecule has 2 aromatic heterocycles. The van der Waals surface area contributed by atoms with Crippen molar-refractivity contribution in [1.29, 1.82) is 0 Å². The van der Waals surface area contributed by atoms with Gasteiger partial charge in [0.05, 0.1) is 17.1 Å². The van der Waals surface area contributed by atoms with E-state index in [4.69, 9.17) is 4.74 Å². The molecule has 0 radical (unpaired) electrons. The van der Waals surface area contributed by atoms with E-state index in [1.807, 2.05) is 0 Å². The van der Waals surface area contributed by atoms with Gasteiger partial charge in [-0.2, -0.15) is 5.10 Å². The highest BCUT2D eigenvalue weighted by molar-refractivity contribution is 7.89. The molecular formula is C17H18FN5O3S. The third-order valence-electron chi connectivity index (χ3n) is 3.75. The van der Waals surface area contributed by atoms with Gasteiger partial charge < -0.3 is 4.74 Å². The summed E-state index contributed by atoms with van der Waals surface area (Å²) in [6.45, 7) is 3.41. The lowest BCUT2D eigenvalue weighted by molar-refractivity contribution is 0.307. The lowest BCUT2D eigenvalue weighted by Gasteiger charge is -2.08. The zero-order valence-electron chi connectivity index (χ0n) is 14.7. The molecule has 0 bridgehead atoms. The predicted octanol–water partition coefficient (Wildman–Crippen LogP) is 1.98. The molecule has 2 N–H and O–H groups in total. The number of ether oxygens (including phenoxy) is 1. The van der Waals surface area contributed by atoms with Gasteiger partial charge in [0.15, 0.2) is 0 Å². The molecule has 0 aliphatic carbocycles. The Balaban J connectivity index is 1.54. The fourth-order valence-corrected chi connectivity index (χ4v) is 3.89. The number of halogens is 1. The van der Waals surface area contributed by atoms with Crippen molar-refractivity contribution in [2.24, 2.45) is 0 Å². The normalized spacial score (nSPS) is 11.5. The van der Waals surface area contributed by atoms with E-state index in [0.29, 0.717) is 17.1 Å². The number of aryl methyl sites for hydroxylation is 2. The molecule has 0 fully saturated rings. The first-order chi connectivity index (χ1) is 12.9. The third kappa shape index (κ3) is 4.47. The van der Waals surface area contributed by atoms with Crippen LogP contribution in [0.3, 0.4) is 0 Å². The van der Waals surface area contributed by atoms with E-state index in [2.05, 4.69) is 25.1 Å². The van der Waals surface area contributed by atoms with Crippen LogP contribution in [-0.2, 0) is 10.0 Å². The molecule has 0 saturated heterocycles. The summed E-state index contributed by atoms with van der Waals surface area (Å²) in [4.78, 5) is 0.144. The van der Waals surface area contributed by atoms with E-state index in [1.54, 1.807) is 38.1 Å². The van der Waals surface area contributed by atoms with Crippen LogP contribution < -0.4 is 9.46 Å². The molecule has 0 saturated carbocycles. The second kappa shape index (κ2) is 7.80. The van der Waals surface area contributed by atoms with Crippen LogP contribution in [0.5, 0.6) is 5.88 Å². The molecule has 0 spiro atoms. The summed E-state index contributed by atoms with van der Waals surface area (Å²) in [5.41, 5.74) is 2.19. The molecule has 0 unspecified atom stereocenters. The number of hydrogen-bond donors (Lipinski definition) is 2. The number of benzene rings is 1. The number of H-pyrrole nitrogens is 1. The Morgan fingerprint density at radius 3 is 2.44 bits per heavy atom. The Labute approximate surface area is 155 Å². The van der Waals surface area contributed by atoms with Gasteiger partial charge in [0.25, 0.3) is 0 Å². The van der Waals surface area contributed by atoms with Crippen molar-refractivity contribution in [2.45, 2.75) is 18.7 Å². The monoisotopic (exact) mass is 391 g/mol. The van der Waals surface area contributed by atoms with E-state index in [0.717, 1.165) is 5.56 Å². The van der Waals surface area contributed by atoms with Crippen LogP contribution in [0.4, 0.5) is 4.39 Å². The number of aromatic amines is 1. The van der Waals surface area contributed by atoms with E-state index < -0.39 is 10.0 Å². The van der Waals surface area contributed by atoms with Crippen LogP contribution in [0.25, 0.3) is 11.3 Å². The van der Waals surface area contributed by atoms with E-state index in [1.165, 1.54) is 12.1 Å². The van der Waals surface area contributed by atoms with Gasteiger partial charge >= 0.3 is 0 Å². The summed E-state index contributed by atoms with van der Waals surface area (Å²) >= 11 is 0. The van der Waals surface area contributed by atoms with Gasteiger partial charge in [-0.05, 0) is 44.2 Å². The Morgan fingerprint density at radius 1 is 1.11 bits per heavy atom. The van der Waals surface area contributed by atoms with Gasteiger partial charge in [-0.15, -0.1) is 10.2 Å². The first-order valence-corrected chi connectivity index (χ1v) is 9.59.